The first-order valence-electron chi connectivity index (χ1n) is 18.7. The van der Waals surface area contributed by atoms with Crippen LogP contribution in [0.15, 0.2) is 200 Å². The van der Waals surface area contributed by atoms with Gasteiger partial charge in [-0.25, -0.2) is 0 Å². The van der Waals surface area contributed by atoms with Gasteiger partial charge in [-0.1, -0.05) is 110 Å². The molecule has 0 saturated heterocycles. The summed E-state index contributed by atoms with van der Waals surface area (Å²) in [5, 5.41) is 0. The Bertz CT molecular complexity index is 1910. The van der Waals surface area contributed by atoms with Gasteiger partial charge in [-0.2, -0.15) is 0 Å². The zero-order chi connectivity index (χ0) is 35.0. The molecule has 0 N–H and O–H groups in total. The minimum atomic E-state index is 0.564. The number of hydrogen-bond acceptors (Lipinski definition) is 3. The van der Waals surface area contributed by atoms with Crippen molar-refractivity contribution in [3.63, 3.8) is 0 Å². The SMILES string of the molecule is C=C/C=C(\C=C)N(C1=CCC=CC2CC12)c1cccc(N(C2=CCC=CC3CC23)c2ccccc2)c1.CN(C1=CC=CCC=C1)C1=CCCC=C1. The van der Waals surface area contributed by atoms with Crippen LogP contribution in [0.3, 0.4) is 0 Å². The van der Waals surface area contributed by atoms with Crippen LogP contribution in [0, 0.1) is 23.7 Å². The molecule has 4 unspecified atom stereocenters. The first-order chi connectivity index (χ1) is 25.2. The molecule has 8 rings (SSSR count). The Morgan fingerprint density at radius 1 is 0.686 bits per heavy atom. The summed E-state index contributed by atoms with van der Waals surface area (Å²) >= 11 is 0. The van der Waals surface area contributed by atoms with Crippen molar-refractivity contribution in [3.8, 4) is 0 Å². The minimum Gasteiger partial charge on any atom is -0.345 e. The van der Waals surface area contributed by atoms with Crippen LogP contribution in [-0.2, 0) is 0 Å². The molecule has 2 saturated carbocycles. The van der Waals surface area contributed by atoms with E-state index >= 15 is 0 Å². The van der Waals surface area contributed by atoms with E-state index in [4.69, 9.17) is 0 Å². The van der Waals surface area contributed by atoms with E-state index in [1.54, 1.807) is 0 Å². The number of anilines is 3. The third-order valence-electron chi connectivity index (χ3n) is 10.5. The lowest BCUT2D eigenvalue weighted by Gasteiger charge is -2.32. The van der Waals surface area contributed by atoms with Crippen LogP contribution >= 0.6 is 0 Å². The summed E-state index contributed by atoms with van der Waals surface area (Å²) < 4.78 is 0. The molecule has 6 aliphatic rings. The summed E-state index contributed by atoms with van der Waals surface area (Å²) in [7, 11) is 2.12. The van der Waals surface area contributed by atoms with Crippen molar-refractivity contribution < 1.29 is 0 Å². The highest BCUT2D eigenvalue weighted by atomic mass is 15.2. The van der Waals surface area contributed by atoms with Gasteiger partial charge in [0.2, 0.25) is 0 Å². The van der Waals surface area contributed by atoms with Crippen LogP contribution in [0.4, 0.5) is 17.1 Å². The number of para-hydroxylation sites is 1. The molecule has 0 bridgehead atoms. The highest BCUT2D eigenvalue weighted by Gasteiger charge is 2.43. The zero-order valence-electron chi connectivity index (χ0n) is 30.0. The Balaban J connectivity index is 0.000000226. The van der Waals surface area contributed by atoms with Crippen LogP contribution in [0.1, 0.15) is 44.9 Å². The van der Waals surface area contributed by atoms with Crippen molar-refractivity contribution in [1.29, 1.82) is 0 Å². The smallest absolute Gasteiger partial charge is 0.0479 e. The lowest BCUT2D eigenvalue weighted by molar-refractivity contribution is 0.547. The van der Waals surface area contributed by atoms with E-state index in [9.17, 15) is 0 Å². The predicted octanol–water partition coefficient (Wildman–Crippen LogP) is 12.4. The Morgan fingerprint density at radius 3 is 2.12 bits per heavy atom. The largest absolute Gasteiger partial charge is 0.345 e. The first kappa shape index (κ1) is 34.2. The van der Waals surface area contributed by atoms with Gasteiger partial charge in [0.05, 0.1) is 0 Å². The number of benzene rings is 2. The molecule has 3 nitrogen and oxygen atoms in total. The molecule has 0 amide bonds. The molecule has 0 aromatic heterocycles. The van der Waals surface area contributed by atoms with E-state index < -0.39 is 0 Å². The van der Waals surface area contributed by atoms with Crippen LogP contribution in [0.25, 0.3) is 0 Å². The zero-order valence-corrected chi connectivity index (χ0v) is 30.0. The fraction of sp³-hybridized carbons (Fsp3) is 0.250. The summed E-state index contributed by atoms with van der Waals surface area (Å²) in [5.41, 5.74) is 9.99. The number of nitrogens with zero attached hydrogens (tertiary/aromatic N) is 3. The van der Waals surface area contributed by atoms with E-state index in [1.165, 1.54) is 59.1 Å². The average molecular weight is 670 g/mol. The van der Waals surface area contributed by atoms with Crippen molar-refractivity contribution in [2.75, 3.05) is 16.8 Å². The number of rotatable bonds is 10. The molecule has 6 aliphatic carbocycles. The Kier molecular flexibility index (Phi) is 10.8. The fourth-order valence-electron chi connectivity index (χ4n) is 7.62. The Hall–Kier alpha value is -5.28. The third kappa shape index (κ3) is 8.05. The number of hydrogen-bond donors (Lipinski definition) is 0. The van der Waals surface area contributed by atoms with Gasteiger partial charge in [0, 0.05) is 64.4 Å². The Morgan fingerprint density at radius 2 is 1.39 bits per heavy atom. The normalized spacial score (nSPS) is 24.0. The van der Waals surface area contributed by atoms with Gasteiger partial charge in [-0.05, 0) is 117 Å². The molecule has 51 heavy (non-hydrogen) atoms. The van der Waals surface area contributed by atoms with E-state index in [-0.39, 0.29) is 0 Å². The fourth-order valence-corrected chi connectivity index (χ4v) is 7.62. The molecule has 0 radical (unpaired) electrons. The quantitative estimate of drug-likeness (QED) is 0.184. The highest BCUT2D eigenvalue weighted by molar-refractivity contribution is 5.75. The van der Waals surface area contributed by atoms with Crippen molar-refractivity contribution in [2.45, 2.75) is 44.9 Å². The molecule has 258 valence electrons. The lowest BCUT2D eigenvalue weighted by Crippen LogP contribution is -2.23. The topological polar surface area (TPSA) is 9.72 Å². The molecule has 4 atom stereocenters. The number of likely N-dealkylation sites (N-methyl/N-ethyl adjacent to an activating group) is 1. The van der Waals surface area contributed by atoms with Crippen LogP contribution in [0.2, 0.25) is 0 Å². The molecule has 2 aromatic carbocycles. The average Bonchev–Trinajstić information content (AvgIpc) is 4.07. The molecule has 3 heteroatoms. The van der Waals surface area contributed by atoms with E-state index in [1.807, 2.05) is 12.2 Å². The lowest BCUT2D eigenvalue weighted by atomic mass is 10.1. The van der Waals surface area contributed by atoms with Gasteiger partial charge in [-0.15, -0.1) is 0 Å². The summed E-state index contributed by atoms with van der Waals surface area (Å²) in [4.78, 5) is 7.12. The van der Waals surface area contributed by atoms with Crippen molar-refractivity contribution in [2.24, 2.45) is 23.7 Å². The first-order valence-corrected chi connectivity index (χ1v) is 18.7. The van der Waals surface area contributed by atoms with Crippen molar-refractivity contribution in [3.05, 3.63) is 200 Å². The molecular weight excluding hydrogens is 619 g/mol. The standard InChI is InChI=1S/C34H34N2.C14H17N/c1-3-13-27(4-2)35(33-20-10-8-14-25-22-31(25)33)29-18-12-19-30(24-29)36(28-16-6-5-7-17-28)34-21-11-9-15-26-23-32(26)34;1-15(14-11-7-4-8-12-14)13-9-5-2-3-6-10-13/h3-9,12-21,24-26,31-32H,1-2,10-11,22-23H2;2,5-7,9-12H,3-4,8H2,1H3/b27-13+;. The second-order valence-electron chi connectivity index (χ2n) is 14.0. The molecule has 0 heterocycles. The number of allylic oxidation sites excluding steroid dienone is 19. The van der Waals surface area contributed by atoms with Gasteiger partial charge >= 0.3 is 0 Å². The second kappa shape index (κ2) is 16.2. The second-order valence-corrected chi connectivity index (χ2v) is 14.0. The maximum absolute atomic E-state index is 4.16. The summed E-state index contributed by atoms with van der Waals surface area (Å²) in [6.07, 6.45) is 45.5. The molecule has 2 aromatic rings. The molecule has 2 fully saturated rings. The molecule has 0 spiro atoms. The predicted molar refractivity (Wildman–Crippen MR) is 218 cm³/mol. The van der Waals surface area contributed by atoms with E-state index in [0.717, 1.165) is 31.4 Å². The van der Waals surface area contributed by atoms with Gasteiger partial charge in [-0.3, -0.25) is 0 Å². The van der Waals surface area contributed by atoms with E-state index in [0.29, 0.717) is 23.7 Å². The summed E-state index contributed by atoms with van der Waals surface area (Å²) in [6, 6.07) is 19.8. The van der Waals surface area contributed by atoms with Gasteiger partial charge < -0.3 is 14.7 Å². The van der Waals surface area contributed by atoms with Crippen LogP contribution in [0.5, 0.6) is 0 Å². The number of fused-ring (bicyclic) bond motifs is 2. The minimum absolute atomic E-state index is 0.564. The highest BCUT2D eigenvalue weighted by Crippen LogP contribution is 2.52. The van der Waals surface area contributed by atoms with Crippen molar-refractivity contribution in [1.82, 2.24) is 4.90 Å². The summed E-state index contributed by atoms with van der Waals surface area (Å²) in [6.45, 7) is 8.14. The summed E-state index contributed by atoms with van der Waals surface area (Å²) in [5.74, 6) is 2.48. The monoisotopic (exact) mass is 669 g/mol. The van der Waals surface area contributed by atoms with Gasteiger partial charge in [0.25, 0.3) is 0 Å². The maximum Gasteiger partial charge on any atom is 0.0479 e. The van der Waals surface area contributed by atoms with Crippen LogP contribution < -0.4 is 9.80 Å². The maximum atomic E-state index is 4.16. The molecular formula is C48H51N3. The van der Waals surface area contributed by atoms with Gasteiger partial charge in [0.1, 0.15) is 0 Å². The van der Waals surface area contributed by atoms with E-state index in [2.05, 4.69) is 181 Å². The van der Waals surface area contributed by atoms with Crippen molar-refractivity contribution >= 4 is 17.1 Å². The molecule has 0 aliphatic heterocycles. The van der Waals surface area contributed by atoms with Crippen LogP contribution in [-0.4, -0.2) is 11.9 Å². The third-order valence-corrected chi connectivity index (χ3v) is 10.5. The van der Waals surface area contributed by atoms with Gasteiger partial charge in [0.15, 0.2) is 0 Å². The Labute approximate surface area is 306 Å².